The fourth-order valence-corrected chi connectivity index (χ4v) is 2.86. The lowest BCUT2D eigenvalue weighted by atomic mass is 10.1. The number of rotatable bonds is 5. The van der Waals surface area contributed by atoms with E-state index in [4.69, 9.17) is 4.42 Å². The highest BCUT2D eigenvalue weighted by Crippen LogP contribution is 2.22. The summed E-state index contributed by atoms with van der Waals surface area (Å²) in [4.78, 5) is 34.3. The highest BCUT2D eigenvalue weighted by atomic mass is 16.3. The molecule has 1 fully saturated rings. The van der Waals surface area contributed by atoms with Crippen molar-refractivity contribution in [3.8, 4) is 5.82 Å². The van der Waals surface area contributed by atoms with Crippen molar-refractivity contribution >= 4 is 17.5 Å². The molecule has 0 aliphatic carbocycles. The van der Waals surface area contributed by atoms with Crippen LogP contribution in [0.25, 0.3) is 5.82 Å². The van der Waals surface area contributed by atoms with E-state index in [2.05, 4.69) is 20.4 Å². The predicted octanol–water partition coefficient (Wildman–Crippen LogP) is 1.24. The Morgan fingerprint density at radius 3 is 2.96 bits per heavy atom. The first-order chi connectivity index (χ1) is 12.7. The Kier molecular flexibility index (Phi) is 4.18. The third-order valence-corrected chi connectivity index (χ3v) is 4.18. The van der Waals surface area contributed by atoms with Crippen LogP contribution in [0.5, 0.6) is 0 Å². The molecular formula is C17H16N6O3. The van der Waals surface area contributed by atoms with Gasteiger partial charge in [0, 0.05) is 13.0 Å². The van der Waals surface area contributed by atoms with Crippen molar-refractivity contribution < 1.29 is 14.0 Å². The highest BCUT2D eigenvalue weighted by Gasteiger charge is 2.34. The van der Waals surface area contributed by atoms with Crippen LogP contribution in [0.1, 0.15) is 12.2 Å². The highest BCUT2D eigenvalue weighted by molar-refractivity contribution is 5.97. The average molecular weight is 352 g/mol. The number of nitrogens with one attached hydrogen (secondary N) is 1. The SMILES string of the molecule is O=C(Nc1ccc(-n2cncn2)nc1)[C@H]1CC(=O)N(Cc2ccco2)C1. The second-order valence-electron chi connectivity index (χ2n) is 5.99. The number of carbonyl (C=O) groups is 2. The van der Waals surface area contributed by atoms with Gasteiger partial charge in [0.05, 0.1) is 30.6 Å². The van der Waals surface area contributed by atoms with Gasteiger partial charge in [-0.3, -0.25) is 9.59 Å². The number of furan rings is 1. The van der Waals surface area contributed by atoms with Crippen LogP contribution in [-0.2, 0) is 16.1 Å². The molecule has 1 aliphatic heterocycles. The normalized spacial score (nSPS) is 16.8. The van der Waals surface area contributed by atoms with Crippen LogP contribution in [0.2, 0.25) is 0 Å². The van der Waals surface area contributed by atoms with Crippen molar-refractivity contribution in [1.82, 2.24) is 24.6 Å². The minimum atomic E-state index is -0.396. The van der Waals surface area contributed by atoms with Crippen molar-refractivity contribution in [2.45, 2.75) is 13.0 Å². The second kappa shape index (κ2) is 6.79. The van der Waals surface area contributed by atoms with E-state index >= 15 is 0 Å². The van der Waals surface area contributed by atoms with Gasteiger partial charge in [0.15, 0.2) is 5.82 Å². The number of likely N-dealkylation sites (tertiary alicyclic amines) is 1. The van der Waals surface area contributed by atoms with Crippen LogP contribution in [0, 0.1) is 5.92 Å². The number of nitrogens with zero attached hydrogens (tertiary/aromatic N) is 5. The molecule has 0 saturated carbocycles. The number of hydrogen-bond donors (Lipinski definition) is 1. The summed E-state index contributed by atoms with van der Waals surface area (Å²) < 4.78 is 6.78. The van der Waals surface area contributed by atoms with E-state index in [0.717, 1.165) is 0 Å². The molecule has 132 valence electrons. The summed E-state index contributed by atoms with van der Waals surface area (Å²) in [6.07, 6.45) is 6.26. The van der Waals surface area contributed by atoms with Gasteiger partial charge in [0.1, 0.15) is 18.4 Å². The van der Waals surface area contributed by atoms with E-state index in [1.807, 2.05) is 6.07 Å². The van der Waals surface area contributed by atoms with Crippen molar-refractivity contribution in [3.05, 3.63) is 55.1 Å². The minimum Gasteiger partial charge on any atom is -0.467 e. The van der Waals surface area contributed by atoms with Gasteiger partial charge in [-0.25, -0.2) is 14.6 Å². The lowest BCUT2D eigenvalue weighted by Crippen LogP contribution is -2.27. The molecule has 0 spiro atoms. The van der Waals surface area contributed by atoms with Crippen molar-refractivity contribution in [1.29, 1.82) is 0 Å². The van der Waals surface area contributed by atoms with Gasteiger partial charge in [-0.05, 0) is 24.3 Å². The molecule has 1 atom stereocenters. The van der Waals surface area contributed by atoms with E-state index in [1.54, 1.807) is 41.9 Å². The quantitative estimate of drug-likeness (QED) is 0.740. The molecule has 3 aromatic rings. The Morgan fingerprint density at radius 1 is 1.35 bits per heavy atom. The second-order valence-corrected chi connectivity index (χ2v) is 5.99. The molecule has 1 saturated heterocycles. The molecule has 4 heterocycles. The van der Waals surface area contributed by atoms with Gasteiger partial charge in [-0.2, -0.15) is 5.10 Å². The summed E-state index contributed by atoms with van der Waals surface area (Å²) in [6, 6.07) is 7.05. The maximum atomic E-state index is 12.5. The Labute approximate surface area is 148 Å². The van der Waals surface area contributed by atoms with E-state index in [9.17, 15) is 9.59 Å². The zero-order valence-electron chi connectivity index (χ0n) is 13.8. The zero-order chi connectivity index (χ0) is 17.9. The molecule has 0 aromatic carbocycles. The zero-order valence-corrected chi connectivity index (χ0v) is 13.8. The number of pyridine rings is 1. The van der Waals surface area contributed by atoms with Gasteiger partial charge < -0.3 is 14.6 Å². The standard InChI is InChI=1S/C17H16N6O3/c24-16-6-12(8-22(16)9-14-2-1-5-26-14)17(25)21-13-3-4-15(19-7-13)23-11-18-10-20-23/h1-5,7,10-12H,6,8-9H2,(H,21,25)/t12-/m0/s1. The number of amides is 2. The van der Waals surface area contributed by atoms with Crippen molar-refractivity contribution in [2.24, 2.45) is 5.92 Å². The van der Waals surface area contributed by atoms with Gasteiger partial charge in [0.25, 0.3) is 0 Å². The van der Waals surface area contributed by atoms with Gasteiger partial charge in [-0.15, -0.1) is 0 Å². The summed E-state index contributed by atoms with van der Waals surface area (Å²) in [5, 5.41) is 6.80. The molecule has 9 nitrogen and oxygen atoms in total. The summed E-state index contributed by atoms with van der Waals surface area (Å²) in [7, 11) is 0. The molecule has 1 N–H and O–H groups in total. The number of carbonyl (C=O) groups excluding carboxylic acids is 2. The fraction of sp³-hybridized carbons (Fsp3) is 0.235. The summed E-state index contributed by atoms with van der Waals surface area (Å²) >= 11 is 0. The molecular weight excluding hydrogens is 336 g/mol. The number of hydrogen-bond acceptors (Lipinski definition) is 6. The molecule has 4 rings (SSSR count). The maximum Gasteiger partial charge on any atom is 0.229 e. The average Bonchev–Trinajstić information content (AvgIpc) is 3.39. The molecule has 0 unspecified atom stereocenters. The third kappa shape index (κ3) is 3.32. The minimum absolute atomic E-state index is 0.0544. The van der Waals surface area contributed by atoms with Gasteiger partial charge in [-0.1, -0.05) is 0 Å². The first-order valence-corrected chi connectivity index (χ1v) is 8.11. The molecule has 26 heavy (non-hydrogen) atoms. The Morgan fingerprint density at radius 2 is 2.27 bits per heavy atom. The molecule has 0 bridgehead atoms. The fourth-order valence-electron chi connectivity index (χ4n) is 2.86. The van der Waals surface area contributed by atoms with E-state index in [0.29, 0.717) is 30.4 Å². The lowest BCUT2D eigenvalue weighted by Gasteiger charge is -2.15. The Hall–Kier alpha value is -3.49. The van der Waals surface area contributed by atoms with Crippen LogP contribution < -0.4 is 5.32 Å². The van der Waals surface area contributed by atoms with E-state index in [-0.39, 0.29) is 18.2 Å². The molecule has 3 aromatic heterocycles. The largest absolute Gasteiger partial charge is 0.467 e. The molecule has 2 amide bonds. The molecule has 0 radical (unpaired) electrons. The topological polar surface area (TPSA) is 106 Å². The van der Waals surface area contributed by atoms with Crippen LogP contribution >= 0.6 is 0 Å². The smallest absolute Gasteiger partial charge is 0.229 e. The molecule has 1 aliphatic rings. The first-order valence-electron chi connectivity index (χ1n) is 8.11. The first kappa shape index (κ1) is 16.0. The monoisotopic (exact) mass is 352 g/mol. The molecule has 9 heteroatoms. The number of aromatic nitrogens is 4. The van der Waals surface area contributed by atoms with Gasteiger partial charge >= 0.3 is 0 Å². The number of anilines is 1. The van der Waals surface area contributed by atoms with Crippen LogP contribution in [0.15, 0.2) is 53.8 Å². The predicted molar refractivity (Wildman–Crippen MR) is 90.0 cm³/mol. The third-order valence-electron chi connectivity index (χ3n) is 4.18. The van der Waals surface area contributed by atoms with Gasteiger partial charge in [0.2, 0.25) is 11.8 Å². The Bertz CT molecular complexity index is 889. The van der Waals surface area contributed by atoms with Crippen LogP contribution in [0.3, 0.4) is 0 Å². The summed E-state index contributed by atoms with van der Waals surface area (Å²) in [5.74, 6) is 0.651. The Balaban J connectivity index is 1.37. The summed E-state index contributed by atoms with van der Waals surface area (Å²) in [5.41, 5.74) is 0.566. The van der Waals surface area contributed by atoms with E-state index < -0.39 is 5.92 Å². The summed E-state index contributed by atoms with van der Waals surface area (Å²) in [6.45, 7) is 0.750. The van der Waals surface area contributed by atoms with Crippen LogP contribution in [-0.4, -0.2) is 43.0 Å². The maximum absolute atomic E-state index is 12.5. The van der Waals surface area contributed by atoms with E-state index in [1.165, 1.54) is 11.0 Å². The lowest BCUT2D eigenvalue weighted by molar-refractivity contribution is -0.128. The van der Waals surface area contributed by atoms with Crippen molar-refractivity contribution in [3.63, 3.8) is 0 Å². The van der Waals surface area contributed by atoms with Crippen LogP contribution in [0.4, 0.5) is 5.69 Å². The van der Waals surface area contributed by atoms with Crippen molar-refractivity contribution in [2.75, 3.05) is 11.9 Å².